The van der Waals surface area contributed by atoms with Crippen LogP contribution in [0.5, 0.6) is 0 Å². The van der Waals surface area contributed by atoms with Gasteiger partial charge in [0.25, 0.3) is 0 Å². The number of methoxy groups -OCH3 is 2. The molecule has 0 heterocycles. The van der Waals surface area contributed by atoms with Gasteiger partial charge in [-0.05, 0) is 13.0 Å². The van der Waals surface area contributed by atoms with Gasteiger partial charge in [0.1, 0.15) is 5.76 Å². The summed E-state index contributed by atoms with van der Waals surface area (Å²) in [5.74, 6) is 1.72. The van der Waals surface area contributed by atoms with Crippen LogP contribution in [-0.2, 0) is 9.47 Å². The molecule has 0 saturated heterocycles. The van der Waals surface area contributed by atoms with Crippen LogP contribution in [0.1, 0.15) is 20.3 Å². The molecule has 0 aliphatic carbocycles. The monoisotopic (exact) mass is 182 g/mol. The summed E-state index contributed by atoms with van der Waals surface area (Å²) in [6.45, 7) is 4.00. The fraction of sp³-hybridized carbons (Fsp3) is 0.455. The van der Waals surface area contributed by atoms with Gasteiger partial charge in [-0.25, -0.2) is 0 Å². The lowest BCUT2D eigenvalue weighted by molar-refractivity contribution is 0.267. The second kappa shape index (κ2) is 7.47. The topological polar surface area (TPSA) is 18.5 Å². The normalized spacial score (nSPS) is 13.5. The van der Waals surface area contributed by atoms with Crippen LogP contribution in [0.15, 0.2) is 35.8 Å². The highest BCUT2D eigenvalue weighted by atomic mass is 16.5. The van der Waals surface area contributed by atoms with E-state index in [0.29, 0.717) is 0 Å². The molecule has 0 radical (unpaired) electrons. The average molecular weight is 182 g/mol. The Morgan fingerprint density at radius 2 is 1.92 bits per heavy atom. The Kier molecular flexibility index (Phi) is 6.79. The van der Waals surface area contributed by atoms with E-state index in [1.807, 2.05) is 38.2 Å². The zero-order chi connectivity index (χ0) is 10.1. The van der Waals surface area contributed by atoms with Crippen molar-refractivity contribution < 1.29 is 9.47 Å². The summed E-state index contributed by atoms with van der Waals surface area (Å²) >= 11 is 0. The SMILES string of the molecule is C\C=C/C=C(\C=C(/CC)OC)OC. The van der Waals surface area contributed by atoms with Crippen molar-refractivity contribution in [3.05, 3.63) is 35.8 Å². The lowest BCUT2D eigenvalue weighted by Gasteiger charge is -2.04. The second-order valence-electron chi connectivity index (χ2n) is 2.47. The lowest BCUT2D eigenvalue weighted by Crippen LogP contribution is -1.88. The Bertz CT molecular complexity index is 206. The molecular formula is C11H18O2. The Labute approximate surface area is 80.5 Å². The van der Waals surface area contributed by atoms with Crippen molar-refractivity contribution in [2.45, 2.75) is 20.3 Å². The average Bonchev–Trinajstić information content (AvgIpc) is 2.19. The van der Waals surface area contributed by atoms with E-state index in [0.717, 1.165) is 17.9 Å². The van der Waals surface area contributed by atoms with Crippen molar-refractivity contribution in [1.82, 2.24) is 0 Å². The molecule has 0 aromatic rings. The van der Waals surface area contributed by atoms with E-state index in [-0.39, 0.29) is 0 Å². The van der Waals surface area contributed by atoms with Gasteiger partial charge in [-0.2, -0.15) is 0 Å². The summed E-state index contributed by atoms with van der Waals surface area (Å²) in [5.41, 5.74) is 0. The van der Waals surface area contributed by atoms with Crippen molar-refractivity contribution in [3.63, 3.8) is 0 Å². The summed E-state index contributed by atoms with van der Waals surface area (Å²) in [6, 6.07) is 0. The van der Waals surface area contributed by atoms with E-state index in [4.69, 9.17) is 9.47 Å². The van der Waals surface area contributed by atoms with E-state index in [9.17, 15) is 0 Å². The number of hydrogen-bond acceptors (Lipinski definition) is 2. The van der Waals surface area contributed by atoms with Gasteiger partial charge >= 0.3 is 0 Å². The minimum Gasteiger partial charge on any atom is -0.501 e. The number of ether oxygens (including phenoxy) is 2. The molecule has 0 spiro atoms. The van der Waals surface area contributed by atoms with Crippen LogP contribution in [-0.4, -0.2) is 14.2 Å². The van der Waals surface area contributed by atoms with Crippen molar-refractivity contribution in [3.8, 4) is 0 Å². The lowest BCUT2D eigenvalue weighted by atomic mass is 10.3. The highest BCUT2D eigenvalue weighted by molar-refractivity contribution is 5.20. The highest BCUT2D eigenvalue weighted by Crippen LogP contribution is 2.07. The van der Waals surface area contributed by atoms with E-state index < -0.39 is 0 Å². The predicted molar refractivity (Wildman–Crippen MR) is 55.3 cm³/mol. The van der Waals surface area contributed by atoms with Gasteiger partial charge in [0.05, 0.1) is 20.0 Å². The molecule has 0 amide bonds. The number of hydrogen-bond donors (Lipinski definition) is 0. The van der Waals surface area contributed by atoms with Crippen LogP contribution in [0, 0.1) is 0 Å². The van der Waals surface area contributed by atoms with Gasteiger partial charge in [0, 0.05) is 12.5 Å². The van der Waals surface area contributed by atoms with Gasteiger partial charge in [-0.15, -0.1) is 0 Å². The third-order valence-corrected chi connectivity index (χ3v) is 1.60. The summed E-state index contributed by atoms with van der Waals surface area (Å²) in [6.07, 6.45) is 8.53. The fourth-order valence-electron chi connectivity index (χ4n) is 0.830. The van der Waals surface area contributed by atoms with E-state index in [2.05, 4.69) is 0 Å². The van der Waals surface area contributed by atoms with Gasteiger partial charge < -0.3 is 9.47 Å². The summed E-state index contributed by atoms with van der Waals surface area (Å²) in [7, 11) is 3.31. The first-order chi connectivity index (χ1) is 6.28. The van der Waals surface area contributed by atoms with Crippen molar-refractivity contribution in [1.29, 1.82) is 0 Å². The third kappa shape index (κ3) is 5.12. The molecule has 2 heteroatoms. The van der Waals surface area contributed by atoms with E-state index in [1.54, 1.807) is 14.2 Å². The van der Waals surface area contributed by atoms with Gasteiger partial charge in [0.15, 0.2) is 0 Å². The minimum absolute atomic E-state index is 0.803. The van der Waals surface area contributed by atoms with Gasteiger partial charge in [0.2, 0.25) is 0 Å². The first kappa shape index (κ1) is 11.8. The molecule has 0 saturated carbocycles. The molecule has 0 N–H and O–H groups in total. The Morgan fingerprint density at radius 3 is 2.31 bits per heavy atom. The zero-order valence-corrected chi connectivity index (χ0v) is 8.83. The van der Waals surface area contributed by atoms with Crippen LogP contribution < -0.4 is 0 Å². The van der Waals surface area contributed by atoms with Crippen molar-refractivity contribution in [2.75, 3.05) is 14.2 Å². The molecule has 0 aromatic carbocycles. The summed E-state index contributed by atoms with van der Waals surface area (Å²) in [5, 5.41) is 0. The van der Waals surface area contributed by atoms with E-state index in [1.165, 1.54) is 0 Å². The molecule has 13 heavy (non-hydrogen) atoms. The molecule has 0 atom stereocenters. The maximum Gasteiger partial charge on any atom is 0.122 e. The number of allylic oxidation sites excluding steroid dienone is 5. The fourth-order valence-corrected chi connectivity index (χ4v) is 0.830. The first-order valence-electron chi connectivity index (χ1n) is 4.40. The summed E-state index contributed by atoms with van der Waals surface area (Å²) < 4.78 is 10.3. The van der Waals surface area contributed by atoms with Crippen LogP contribution in [0.3, 0.4) is 0 Å². The molecule has 2 nitrogen and oxygen atoms in total. The smallest absolute Gasteiger partial charge is 0.122 e. The van der Waals surface area contributed by atoms with Crippen LogP contribution >= 0.6 is 0 Å². The molecule has 0 aliphatic rings. The van der Waals surface area contributed by atoms with Gasteiger partial charge in [-0.3, -0.25) is 0 Å². The first-order valence-corrected chi connectivity index (χ1v) is 4.40. The Hall–Kier alpha value is -1.18. The third-order valence-electron chi connectivity index (χ3n) is 1.60. The molecule has 0 rings (SSSR count). The molecule has 0 aromatic heterocycles. The number of rotatable bonds is 5. The predicted octanol–water partition coefficient (Wildman–Crippen LogP) is 3.03. The van der Waals surface area contributed by atoms with Crippen molar-refractivity contribution >= 4 is 0 Å². The summed E-state index contributed by atoms with van der Waals surface area (Å²) in [4.78, 5) is 0. The highest BCUT2D eigenvalue weighted by Gasteiger charge is 1.94. The van der Waals surface area contributed by atoms with Crippen molar-refractivity contribution in [2.24, 2.45) is 0 Å². The van der Waals surface area contributed by atoms with Crippen LogP contribution in [0.2, 0.25) is 0 Å². The molecule has 0 unspecified atom stereocenters. The Balaban J connectivity index is 4.49. The van der Waals surface area contributed by atoms with Crippen LogP contribution in [0.25, 0.3) is 0 Å². The second-order valence-corrected chi connectivity index (χ2v) is 2.47. The molecular weight excluding hydrogens is 164 g/mol. The van der Waals surface area contributed by atoms with Gasteiger partial charge in [-0.1, -0.05) is 19.1 Å². The molecule has 0 aliphatic heterocycles. The zero-order valence-electron chi connectivity index (χ0n) is 8.83. The molecule has 0 fully saturated rings. The van der Waals surface area contributed by atoms with E-state index >= 15 is 0 Å². The molecule has 74 valence electrons. The Morgan fingerprint density at radius 1 is 1.23 bits per heavy atom. The minimum atomic E-state index is 0.803. The standard InChI is InChI=1S/C11H18O2/c1-5-7-8-11(13-4)9-10(6-2)12-3/h5,7-9H,6H2,1-4H3/b7-5-,10-9+,11-8+. The molecule has 0 bridgehead atoms. The quantitative estimate of drug-likeness (QED) is 0.480. The largest absolute Gasteiger partial charge is 0.501 e. The maximum atomic E-state index is 5.14. The van der Waals surface area contributed by atoms with Crippen LogP contribution in [0.4, 0.5) is 0 Å². The maximum absolute atomic E-state index is 5.14.